The topological polar surface area (TPSA) is 17.1 Å². The van der Waals surface area contributed by atoms with Crippen LogP contribution in [0.15, 0.2) is 0 Å². The maximum Gasteiger partial charge on any atom is 0.202 e. The van der Waals surface area contributed by atoms with Gasteiger partial charge in [-0.3, -0.25) is 4.79 Å². The highest BCUT2D eigenvalue weighted by molar-refractivity contribution is 5.55. The second kappa shape index (κ2) is 3.65. The number of hydrogen-bond acceptors (Lipinski definition) is 1. The van der Waals surface area contributed by atoms with Gasteiger partial charge in [-0.1, -0.05) is 27.7 Å². The molecule has 0 aliphatic heterocycles. The summed E-state index contributed by atoms with van der Waals surface area (Å²) in [7, 11) is 0. The zero-order valence-corrected chi connectivity index (χ0v) is 6.64. The summed E-state index contributed by atoms with van der Waals surface area (Å²) in [4.78, 5) is 10.3. The molecule has 0 N–H and O–H groups in total. The molecule has 0 rings (SSSR count). The van der Waals surface area contributed by atoms with E-state index in [0.29, 0.717) is 11.8 Å². The van der Waals surface area contributed by atoms with E-state index in [0.717, 1.165) is 0 Å². The highest BCUT2D eigenvalue weighted by atomic mass is 16.1. The molecule has 0 heterocycles. The average molecular weight is 127 g/mol. The number of rotatable bonds is 3. The van der Waals surface area contributed by atoms with Crippen molar-refractivity contribution in [2.75, 3.05) is 0 Å². The van der Waals surface area contributed by atoms with Gasteiger partial charge in [-0.05, 0) is 11.8 Å². The van der Waals surface area contributed by atoms with Crippen LogP contribution in [-0.4, -0.2) is 6.29 Å². The quantitative estimate of drug-likeness (QED) is 0.567. The molecule has 0 aliphatic carbocycles. The van der Waals surface area contributed by atoms with Gasteiger partial charge in [-0.2, -0.15) is 0 Å². The van der Waals surface area contributed by atoms with Crippen LogP contribution in [0, 0.1) is 17.8 Å². The predicted molar refractivity (Wildman–Crippen MR) is 38.9 cm³/mol. The van der Waals surface area contributed by atoms with Gasteiger partial charge >= 0.3 is 0 Å². The SMILES string of the molecule is CC(C)C([C]=O)C(C)C. The lowest BCUT2D eigenvalue weighted by Crippen LogP contribution is -2.16. The van der Waals surface area contributed by atoms with Gasteiger partial charge in [0.25, 0.3) is 0 Å². The highest BCUT2D eigenvalue weighted by Crippen LogP contribution is 2.17. The molecular formula is C8H15O. The molecule has 0 spiro atoms. The standard InChI is InChI=1S/C8H15O/c1-6(2)8(5-9)7(3)4/h6-8H,1-4H3. The van der Waals surface area contributed by atoms with Gasteiger partial charge in [-0.25, -0.2) is 0 Å². The van der Waals surface area contributed by atoms with E-state index >= 15 is 0 Å². The summed E-state index contributed by atoms with van der Waals surface area (Å²) in [6, 6.07) is 0. The van der Waals surface area contributed by atoms with Gasteiger partial charge in [0.2, 0.25) is 6.29 Å². The Labute approximate surface area is 57.5 Å². The van der Waals surface area contributed by atoms with Crippen molar-refractivity contribution in [3.8, 4) is 0 Å². The number of hydrogen-bond donors (Lipinski definition) is 0. The first-order valence-corrected chi connectivity index (χ1v) is 3.47. The molecule has 0 aromatic carbocycles. The average Bonchev–Trinajstić information content (AvgIpc) is 1.64. The molecule has 0 fully saturated rings. The van der Waals surface area contributed by atoms with Crippen molar-refractivity contribution in [2.45, 2.75) is 27.7 Å². The molecule has 9 heavy (non-hydrogen) atoms. The zero-order valence-electron chi connectivity index (χ0n) is 6.64. The van der Waals surface area contributed by atoms with Crippen LogP contribution in [0.3, 0.4) is 0 Å². The largest absolute Gasteiger partial charge is 0.291 e. The fourth-order valence-electron chi connectivity index (χ4n) is 1.04. The summed E-state index contributed by atoms with van der Waals surface area (Å²) in [6.07, 6.45) is 2.05. The molecule has 53 valence electrons. The Morgan fingerprint density at radius 2 is 1.33 bits per heavy atom. The summed E-state index contributed by atoms with van der Waals surface area (Å²) in [5, 5.41) is 0. The van der Waals surface area contributed by atoms with Crippen molar-refractivity contribution in [1.82, 2.24) is 0 Å². The summed E-state index contributed by atoms with van der Waals surface area (Å²) >= 11 is 0. The van der Waals surface area contributed by atoms with Crippen molar-refractivity contribution in [2.24, 2.45) is 17.8 Å². The van der Waals surface area contributed by atoms with E-state index in [9.17, 15) is 4.79 Å². The first kappa shape index (κ1) is 8.67. The first-order valence-electron chi connectivity index (χ1n) is 3.47. The van der Waals surface area contributed by atoms with Crippen LogP contribution in [0.4, 0.5) is 0 Å². The minimum Gasteiger partial charge on any atom is -0.291 e. The predicted octanol–water partition coefficient (Wildman–Crippen LogP) is 2.02. The van der Waals surface area contributed by atoms with Crippen LogP contribution in [0.2, 0.25) is 0 Å². The molecule has 0 unspecified atom stereocenters. The second-order valence-corrected chi connectivity index (χ2v) is 3.13. The summed E-state index contributed by atoms with van der Waals surface area (Å²) < 4.78 is 0. The highest BCUT2D eigenvalue weighted by Gasteiger charge is 2.16. The summed E-state index contributed by atoms with van der Waals surface area (Å²) in [6.45, 7) is 8.20. The van der Waals surface area contributed by atoms with Gasteiger partial charge < -0.3 is 0 Å². The third kappa shape index (κ3) is 2.64. The molecule has 0 aliphatic rings. The molecule has 0 aromatic rings. The molecule has 0 amide bonds. The first-order chi connectivity index (χ1) is 4.09. The molecule has 1 heteroatoms. The summed E-state index contributed by atoms with van der Waals surface area (Å²) in [5.41, 5.74) is 0. The Bertz CT molecular complexity index is 76.6. The van der Waals surface area contributed by atoms with Gasteiger partial charge in [0.15, 0.2) is 0 Å². The smallest absolute Gasteiger partial charge is 0.202 e. The monoisotopic (exact) mass is 127 g/mol. The van der Waals surface area contributed by atoms with E-state index in [1.807, 2.05) is 0 Å². The molecule has 0 atom stereocenters. The summed E-state index contributed by atoms with van der Waals surface area (Å²) in [5.74, 6) is 0.981. The molecule has 0 saturated heterocycles. The second-order valence-electron chi connectivity index (χ2n) is 3.13. The normalized spacial score (nSPS) is 11.4. The molecule has 1 nitrogen and oxygen atoms in total. The van der Waals surface area contributed by atoms with Crippen LogP contribution in [0.5, 0.6) is 0 Å². The maximum atomic E-state index is 10.3. The minimum absolute atomic E-state index is 0.116. The van der Waals surface area contributed by atoms with Crippen molar-refractivity contribution >= 4 is 6.29 Å². The molecule has 0 aromatic heterocycles. The van der Waals surface area contributed by atoms with E-state index < -0.39 is 0 Å². The molecular weight excluding hydrogens is 112 g/mol. The fourth-order valence-corrected chi connectivity index (χ4v) is 1.04. The van der Waals surface area contributed by atoms with E-state index in [1.165, 1.54) is 0 Å². The molecule has 0 bridgehead atoms. The van der Waals surface area contributed by atoms with E-state index in [4.69, 9.17) is 0 Å². The molecule has 0 saturated carbocycles. The lowest BCUT2D eigenvalue weighted by atomic mass is 9.87. The lowest BCUT2D eigenvalue weighted by molar-refractivity contribution is 0.361. The Balaban J connectivity index is 3.82. The fraction of sp³-hybridized carbons (Fsp3) is 0.875. The van der Waals surface area contributed by atoms with Crippen LogP contribution >= 0.6 is 0 Å². The van der Waals surface area contributed by atoms with Gasteiger partial charge in [0.05, 0.1) is 0 Å². The third-order valence-electron chi connectivity index (χ3n) is 1.57. The number of carbonyl (C=O) groups excluding carboxylic acids is 1. The van der Waals surface area contributed by atoms with Crippen LogP contribution in [0.25, 0.3) is 0 Å². The van der Waals surface area contributed by atoms with E-state index in [2.05, 4.69) is 34.0 Å². The van der Waals surface area contributed by atoms with Crippen molar-refractivity contribution in [3.63, 3.8) is 0 Å². The van der Waals surface area contributed by atoms with Gasteiger partial charge in [0, 0.05) is 5.92 Å². The van der Waals surface area contributed by atoms with E-state index in [1.54, 1.807) is 0 Å². The van der Waals surface area contributed by atoms with E-state index in [-0.39, 0.29) is 5.92 Å². The van der Waals surface area contributed by atoms with Crippen molar-refractivity contribution in [3.05, 3.63) is 0 Å². The zero-order chi connectivity index (χ0) is 7.44. The van der Waals surface area contributed by atoms with Gasteiger partial charge in [0.1, 0.15) is 0 Å². The minimum atomic E-state index is 0.116. The Hall–Kier alpha value is -0.330. The Morgan fingerprint density at radius 1 is 1.00 bits per heavy atom. The Morgan fingerprint density at radius 3 is 1.33 bits per heavy atom. The Kier molecular flexibility index (Phi) is 3.52. The van der Waals surface area contributed by atoms with Crippen LogP contribution in [0.1, 0.15) is 27.7 Å². The third-order valence-corrected chi connectivity index (χ3v) is 1.57. The maximum absolute atomic E-state index is 10.3. The van der Waals surface area contributed by atoms with Crippen molar-refractivity contribution < 1.29 is 4.79 Å². The van der Waals surface area contributed by atoms with Crippen LogP contribution < -0.4 is 0 Å². The van der Waals surface area contributed by atoms with Crippen LogP contribution in [-0.2, 0) is 4.79 Å². The van der Waals surface area contributed by atoms with Gasteiger partial charge in [-0.15, -0.1) is 0 Å². The van der Waals surface area contributed by atoms with Crippen molar-refractivity contribution in [1.29, 1.82) is 0 Å². The molecule has 1 radical (unpaired) electrons. The lowest BCUT2D eigenvalue weighted by Gasteiger charge is -2.16.